The van der Waals surface area contributed by atoms with Crippen LogP contribution in [-0.2, 0) is 6.54 Å². The van der Waals surface area contributed by atoms with Crippen molar-refractivity contribution in [3.8, 4) is 0 Å². The second kappa shape index (κ2) is 8.47. The standard InChI is InChI=1S/C19H28FN3O/c20-17-7-5-16(6-8-17)15-23(18-9-10-18)19(24)21-11-1-2-12-22-13-3-4-14-22/h5-8,18H,1-4,9-15H2,(H,21,24). The molecule has 1 N–H and O–H groups in total. The first-order chi connectivity index (χ1) is 11.7. The highest BCUT2D eigenvalue weighted by Crippen LogP contribution is 2.28. The molecule has 24 heavy (non-hydrogen) atoms. The topological polar surface area (TPSA) is 35.6 Å². The molecule has 0 atom stereocenters. The van der Waals surface area contributed by atoms with E-state index in [0.717, 1.165) is 44.3 Å². The molecule has 1 aliphatic heterocycles. The number of hydrogen-bond donors (Lipinski definition) is 1. The molecule has 5 heteroatoms. The van der Waals surface area contributed by atoms with Gasteiger partial charge in [0.05, 0.1) is 0 Å². The molecular formula is C19H28FN3O. The molecule has 1 saturated carbocycles. The zero-order chi connectivity index (χ0) is 16.8. The zero-order valence-corrected chi connectivity index (χ0v) is 14.3. The first kappa shape index (κ1) is 17.2. The van der Waals surface area contributed by atoms with Crippen molar-refractivity contribution < 1.29 is 9.18 Å². The summed E-state index contributed by atoms with van der Waals surface area (Å²) >= 11 is 0. The highest BCUT2D eigenvalue weighted by molar-refractivity contribution is 5.74. The van der Waals surface area contributed by atoms with Gasteiger partial charge in [-0.3, -0.25) is 0 Å². The smallest absolute Gasteiger partial charge is 0.317 e. The fraction of sp³-hybridized carbons (Fsp3) is 0.632. The van der Waals surface area contributed by atoms with E-state index in [0.29, 0.717) is 12.6 Å². The maximum absolute atomic E-state index is 13.0. The molecule has 0 aromatic heterocycles. The second-order valence-electron chi connectivity index (χ2n) is 6.97. The van der Waals surface area contributed by atoms with Crippen LogP contribution in [0.5, 0.6) is 0 Å². The van der Waals surface area contributed by atoms with Crippen LogP contribution in [0, 0.1) is 5.82 Å². The molecule has 1 aromatic carbocycles. The fourth-order valence-electron chi connectivity index (χ4n) is 3.30. The number of benzene rings is 1. The minimum atomic E-state index is -0.237. The summed E-state index contributed by atoms with van der Waals surface area (Å²) < 4.78 is 13.0. The summed E-state index contributed by atoms with van der Waals surface area (Å²) in [6.07, 6.45) is 6.97. The van der Waals surface area contributed by atoms with Crippen molar-refractivity contribution in [3.63, 3.8) is 0 Å². The van der Waals surface area contributed by atoms with Gasteiger partial charge in [-0.1, -0.05) is 12.1 Å². The van der Waals surface area contributed by atoms with Crippen molar-refractivity contribution in [2.45, 2.75) is 51.1 Å². The molecule has 2 fully saturated rings. The number of carbonyl (C=O) groups is 1. The van der Waals surface area contributed by atoms with Gasteiger partial charge in [0.15, 0.2) is 0 Å². The van der Waals surface area contributed by atoms with Gasteiger partial charge in [-0.25, -0.2) is 9.18 Å². The lowest BCUT2D eigenvalue weighted by Crippen LogP contribution is -2.41. The fourth-order valence-corrected chi connectivity index (χ4v) is 3.30. The number of nitrogens with one attached hydrogen (secondary N) is 1. The molecule has 0 radical (unpaired) electrons. The summed E-state index contributed by atoms with van der Waals surface area (Å²) in [7, 11) is 0. The second-order valence-corrected chi connectivity index (χ2v) is 6.97. The maximum Gasteiger partial charge on any atom is 0.317 e. The largest absolute Gasteiger partial charge is 0.338 e. The quantitative estimate of drug-likeness (QED) is 0.740. The van der Waals surface area contributed by atoms with Gasteiger partial charge in [-0.05, 0) is 75.9 Å². The van der Waals surface area contributed by atoms with Crippen LogP contribution >= 0.6 is 0 Å². The summed E-state index contributed by atoms with van der Waals surface area (Å²) in [5.74, 6) is -0.237. The van der Waals surface area contributed by atoms with Gasteiger partial charge in [0.2, 0.25) is 0 Å². The van der Waals surface area contributed by atoms with Crippen molar-refractivity contribution in [1.82, 2.24) is 15.1 Å². The third kappa shape index (κ3) is 5.20. The molecule has 1 aliphatic carbocycles. The number of nitrogens with zero attached hydrogens (tertiary/aromatic N) is 2. The summed E-state index contributed by atoms with van der Waals surface area (Å²) in [5.41, 5.74) is 0.979. The molecular weight excluding hydrogens is 305 g/mol. The summed E-state index contributed by atoms with van der Waals surface area (Å²) in [6.45, 7) is 4.92. The summed E-state index contributed by atoms with van der Waals surface area (Å²) in [6, 6.07) is 6.79. The van der Waals surface area contributed by atoms with E-state index in [-0.39, 0.29) is 11.8 Å². The molecule has 1 aromatic rings. The van der Waals surface area contributed by atoms with E-state index < -0.39 is 0 Å². The third-order valence-corrected chi connectivity index (χ3v) is 4.89. The van der Waals surface area contributed by atoms with Crippen molar-refractivity contribution in [2.75, 3.05) is 26.2 Å². The Kier molecular flexibility index (Phi) is 6.07. The van der Waals surface area contributed by atoms with Crippen LogP contribution in [0.2, 0.25) is 0 Å². The van der Waals surface area contributed by atoms with Crippen molar-refractivity contribution >= 4 is 6.03 Å². The summed E-state index contributed by atoms with van der Waals surface area (Å²) in [5, 5.41) is 3.06. The Labute approximate surface area is 144 Å². The Bertz CT molecular complexity index is 524. The predicted molar refractivity (Wildman–Crippen MR) is 93.3 cm³/mol. The third-order valence-electron chi connectivity index (χ3n) is 4.89. The number of hydrogen-bond acceptors (Lipinski definition) is 2. The van der Waals surface area contributed by atoms with Crippen molar-refractivity contribution in [1.29, 1.82) is 0 Å². The van der Waals surface area contributed by atoms with E-state index >= 15 is 0 Å². The lowest BCUT2D eigenvalue weighted by atomic mass is 10.2. The van der Waals surface area contributed by atoms with Crippen LogP contribution in [-0.4, -0.2) is 48.1 Å². The first-order valence-corrected chi connectivity index (χ1v) is 9.23. The number of rotatable bonds is 8. The van der Waals surface area contributed by atoms with Crippen LogP contribution in [0.15, 0.2) is 24.3 Å². The monoisotopic (exact) mass is 333 g/mol. The number of halogens is 1. The van der Waals surface area contributed by atoms with Gasteiger partial charge in [-0.15, -0.1) is 0 Å². The number of likely N-dealkylation sites (tertiary alicyclic amines) is 1. The van der Waals surface area contributed by atoms with Gasteiger partial charge in [0.1, 0.15) is 5.82 Å². The molecule has 2 aliphatic rings. The number of urea groups is 1. The van der Waals surface area contributed by atoms with E-state index in [1.165, 1.54) is 38.1 Å². The number of amides is 2. The van der Waals surface area contributed by atoms with Crippen LogP contribution in [0.3, 0.4) is 0 Å². The van der Waals surface area contributed by atoms with Gasteiger partial charge < -0.3 is 15.1 Å². The van der Waals surface area contributed by atoms with E-state index in [1.807, 2.05) is 4.90 Å². The van der Waals surface area contributed by atoms with Gasteiger partial charge >= 0.3 is 6.03 Å². The van der Waals surface area contributed by atoms with E-state index in [2.05, 4.69) is 10.2 Å². The zero-order valence-electron chi connectivity index (χ0n) is 14.3. The average molecular weight is 333 g/mol. The minimum Gasteiger partial charge on any atom is -0.338 e. The maximum atomic E-state index is 13.0. The lowest BCUT2D eigenvalue weighted by molar-refractivity contribution is 0.191. The number of carbonyl (C=O) groups excluding carboxylic acids is 1. The normalized spacial score (nSPS) is 17.9. The Morgan fingerprint density at radius 2 is 1.88 bits per heavy atom. The SMILES string of the molecule is O=C(NCCCCN1CCCC1)N(Cc1ccc(F)cc1)C1CC1. The Hall–Kier alpha value is -1.62. The average Bonchev–Trinajstić information content (AvgIpc) is 3.29. The Morgan fingerprint density at radius 3 is 2.54 bits per heavy atom. The van der Waals surface area contributed by atoms with Crippen LogP contribution in [0.25, 0.3) is 0 Å². The van der Waals surface area contributed by atoms with Crippen LogP contribution in [0.4, 0.5) is 9.18 Å². The first-order valence-electron chi connectivity index (χ1n) is 9.23. The minimum absolute atomic E-state index is 0.0167. The molecule has 1 saturated heterocycles. The molecule has 0 bridgehead atoms. The Morgan fingerprint density at radius 1 is 1.17 bits per heavy atom. The van der Waals surface area contributed by atoms with E-state index in [4.69, 9.17) is 0 Å². The lowest BCUT2D eigenvalue weighted by Gasteiger charge is -2.23. The molecule has 0 unspecified atom stereocenters. The Balaban J connectivity index is 1.38. The molecule has 2 amide bonds. The molecule has 3 rings (SSSR count). The number of unbranched alkanes of at least 4 members (excludes halogenated alkanes) is 1. The molecule has 132 valence electrons. The highest BCUT2D eigenvalue weighted by Gasteiger charge is 2.32. The van der Waals surface area contributed by atoms with Gasteiger partial charge in [-0.2, -0.15) is 0 Å². The predicted octanol–water partition coefficient (Wildman–Crippen LogP) is 3.38. The highest BCUT2D eigenvalue weighted by atomic mass is 19.1. The molecule has 4 nitrogen and oxygen atoms in total. The van der Waals surface area contributed by atoms with Crippen LogP contribution in [0.1, 0.15) is 44.1 Å². The molecule has 0 spiro atoms. The van der Waals surface area contributed by atoms with Gasteiger partial charge in [0, 0.05) is 19.1 Å². The van der Waals surface area contributed by atoms with Crippen molar-refractivity contribution in [3.05, 3.63) is 35.6 Å². The van der Waals surface area contributed by atoms with Crippen molar-refractivity contribution in [2.24, 2.45) is 0 Å². The summed E-state index contributed by atoms with van der Waals surface area (Å²) in [4.78, 5) is 16.8. The van der Waals surface area contributed by atoms with Crippen LogP contribution < -0.4 is 5.32 Å². The van der Waals surface area contributed by atoms with Gasteiger partial charge in [0.25, 0.3) is 0 Å². The molecule has 1 heterocycles. The van der Waals surface area contributed by atoms with E-state index in [9.17, 15) is 9.18 Å². The van der Waals surface area contributed by atoms with E-state index in [1.54, 1.807) is 12.1 Å².